The minimum Gasteiger partial charge on any atom is -0.309 e. The van der Waals surface area contributed by atoms with Crippen LogP contribution < -0.4 is 5.32 Å². The van der Waals surface area contributed by atoms with E-state index in [4.69, 9.17) is 6.42 Å². The van der Waals surface area contributed by atoms with Gasteiger partial charge in [0.15, 0.2) is 0 Å². The quantitative estimate of drug-likeness (QED) is 0.837. The first kappa shape index (κ1) is 14.1. The van der Waals surface area contributed by atoms with Crippen LogP contribution in [0.4, 0.5) is 0 Å². The predicted molar refractivity (Wildman–Crippen MR) is 80.9 cm³/mol. The molecule has 1 aromatic rings. The van der Waals surface area contributed by atoms with E-state index in [0.29, 0.717) is 12.1 Å². The topological polar surface area (TPSA) is 15.3 Å². The summed E-state index contributed by atoms with van der Waals surface area (Å²) in [7, 11) is 0. The summed E-state index contributed by atoms with van der Waals surface area (Å²) in [5.41, 5.74) is 1.52. The number of terminal acetylenes is 1. The number of hydrogen-bond acceptors (Lipinski definition) is 2. The van der Waals surface area contributed by atoms with Crippen LogP contribution in [0.3, 0.4) is 0 Å². The standard InChI is InChI=1S/C17H24N2/c1-5-9-14(2)19-13-17(3,4)18-12-16(19)15-10-7-6-8-11-15/h1,6-8,10-11,14,16,18H,9,12-13H2,2-4H3. The number of benzene rings is 1. The van der Waals surface area contributed by atoms with Crippen LogP contribution in [0.1, 0.15) is 38.8 Å². The van der Waals surface area contributed by atoms with Gasteiger partial charge in [-0.05, 0) is 26.3 Å². The highest BCUT2D eigenvalue weighted by atomic mass is 15.3. The number of nitrogens with zero attached hydrogens (tertiary/aromatic N) is 1. The highest BCUT2D eigenvalue weighted by Crippen LogP contribution is 2.29. The van der Waals surface area contributed by atoms with Gasteiger partial charge in [-0.3, -0.25) is 4.90 Å². The van der Waals surface area contributed by atoms with Crippen LogP contribution in [0.2, 0.25) is 0 Å². The lowest BCUT2D eigenvalue weighted by Crippen LogP contribution is -2.60. The normalized spacial score (nSPS) is 24.6. The van der Waals surface area contributed by atoms with Gasteiger partial charge in [-0.2, -0.15) is 0 Å². The zero-order valence-corrected chi connectivity index (χ0v) is 12.2. The van der Waals surface area contributed by atoms with Gasteiger partial charge < -0.3 is 5.32 Å². The van der Waals surface area contributed by atoms with Gasteiger partial charge in [0.05, 0.1) is 0 Å². The van der Waals surface area contributed by atoms with Crippen molar-refractivity contribution < 1.29 is 0 Å². The molecule has 102 valence electrons. The number of nitrogens with one attached hydrogen (secondary N) is 1. The van der Waals surface area contributed by atoms with Crippen molar-refractivity contribution in [2.45, 2.75) is 44.8 Å². The lowest BCUT2D eigenvalue weighted by Gasteiger charge is -2.47. The second-order valence-corrected chi connectivity index (χ2v) is 6.12. The lowest BCUT2D eigenvalue weighted by molar-refractivity contribution is 0.0616. The zero-order valence-electron chi connectivity index (χ0n) is 12.2. The van der Waals surface area contributed by atoms with Gasteiger partial charge in [0, 0.05) is 37.1 Å². The minimum absolute atomic E-state index is 0.147. The molecule has 0 saturated carbocycles. The molecule has 1 aliphatic heterocycles. The summed E-state index contributed by atoms with van der Waals surface area (Å²) in [5.74, 6) is 2.80. The summed E-state index contributed by atoms with van der Waals surface area (Å²) in [4.78, 5) is 2.55. The highest BCUT2D eigenvalue weighted by Gasteiger charge is 2.35. The molecule has 0 radical (unpaired) electrons. The maximum Gasteiger partial charge on any atom is 0.0476 e. The average Bonchev–Trinajstić information content (AvgIpc) is 2.39. The largest absolute Gasteiger partial charge is 0.309 e. The van der Waals surface area contributed by atoms with Crippen LogP contribution in [0.5, 0.6) is 0 Å². The molecule has 2 unspecified atom stereocenters. The smallest absolute Gasteiger partial charge is 0.0476 e. The van der Waals surface area contributed by atoms with Gasteiger partial charge in [-0.1, -0.05) is 30.3 Å². The van der Waals surface area contributed by atoms with Gasteiger partial charge in [-0.25, -0.2) is 0 Å². The van der Waals surface area contributed by atoms with Crippen LogP contribution in [-0.2, 0) is 0 Å². The molecular weight excluding hydrogens is 232 g/mol. The second-order valence-electron chi connectivity index (χ2n) is 6.12. The molecule has 1 fully saturated rings. The Balaban J connectivity index is 2.23. The van der Waals surface area contributed by atoms with Gasteiger partial charge in [0.25, 0.3) is 0 Å². The Hall–Kier alpha value is -1.30. The second kappa shape index (κ2) is 5.77. The molecule has 1 aliphatic rings. The molecule has 2 rings (SSSR count). The van der Waals surface area contributed by atoms with E-state index in [0.717, 1.165) is 19.5 Å². The van der Waals surface area contributed by atoms with Crippen molar-refractivity contribution in [3.63, 3.8) is 0 Å². The number of rotatable bonds is 3. The molecular formula is C17H24N2. The Morgan fingerprint density at radius 3 is 2.74 bits per heavy atom. The summed E-state index contributed by atoms with van der Waals surface area (Å²) in [5, 5.41) is 3.64. The minimum atomic E-state index is 0.147. The van der Waals surface area contributed by atoms with E-state index >= 15 is 0 Å². The molecule has 1 saturated heterocycles. The molecule has 2 nitrogen and oxygen atoms in total. The molecule has 2 atom stereocenters. The van der Waals surface area contributed by atoms with E-state index in [2.05, 4.69) is 67.2 Å². The Morgan fingerprint density at radius 1 is 1.42 bits per heavy atom. The van der Waals surface area contributed by atoms with Crippen molar-refractivity contribution in [3.8, 4) is 12.3 Å². The van der Waals surface area contributed by atoms with Crippen LogP contribution in [0, 0.1) is 12.3 Å². The SMILES string of the molecule is C#CCC(C)N1CC(C)(C)NCC1c1ccccc1. The molecule has 0 aliphatic carbocycles. The Kier molecular flexibility index (Phi) is 4.29. The summed E-state index contributed by atoms with van der Waals surface area (Å²) in [6.07, 6.45) is 6.30. The summed E-state index contributed by atoms with van der Waals surface area (Å²) >= 11 is 0. The Morgan fingerprint density at radius 2 is 2.11 bits per heavy atom. The summed E-state index contributed by atoms with van der Waals surface area (Å²) in [6.45, 7) is 8.74. The summed E-state index contributed by atoms with van der Waals surface area (Å²) in [6, 6.07) is 11.5. The fourth-order valence-electron chi connectivity index (χ4n) is 2.85. The summed E-state index contributed by atoms with van der Waals surface area (Å²) < 4.78 is 0. The zero-order chi connectivity index (χ0) is 13.9. The fraction of sp³-hybridized carbons (Fsp3) is 0.529. The fourth-order valence-corrected chi connectivity index (χ4v) is 2.85. The number of hydrogen-bond donors (Lipinski definition) is 1. The first-order valence-electron chi connectivity index (χ1n) is 7.03. The van der Waals surface area contributed by atoms with E-state index in [1.165, 1.54) is 5.56 Å². The monoisotopic (exact) mass is 256 g/mol. The number of piperazine rings is 1. The third-order valence-corrected chi connectivity index (χ3v) is 3.92. The Bertz CT molecular complexity index is 444. The molecule has 1 aromatic carbocycles. The van der Waals surface area contributed by atoms with Crippen molar-refractivity contribution in [1.82, 2.24) is 10.2 Å². The van der Waals surface area contributed by atoms with E-state index in [-0.39, 0.29) is 5.54 Å². The molecule has 2 heteroatoms. The molecule has 0 spiro atoms. The lowest BCUT2D eigenvalue weighted by atomic mass is 9.93. The van der Waals surface area contributed by atoms with Gasteiger partial charge in [0.1, 0.15) is 0 Å². The molecule has 0 bridgehead atoms. The third-order valence-electron chi connectivity index (χ3n) is 3.92. The molecule has 1 N–H and O–H groups in total. The molecule has 0 aromatic heterocycles. The van der Waals surface area contributed by atoms with Gasteiger partial charge in [0.2, 0.25) is 0 Å². The van der Waals surface area contributed by atoms with Crippen LogP contribution in [0.25, 0.3) is 0 Å². The van der Waals surface area contributed by atoms with Crippen molar-refractivity contribution in [3.05, 3.63) is 35.9 Å². The van der Waals surface area contributed by atoms with E-state index in [1.54, 1.807) is 0 Å². The third kappa shape index (κ3) is 3.37. The van der Waals surface area contributed by atoms with Crippen LogP contribution in [-0.4, -0.2) is 29.6 Å². The van der Waals surface area contributed by atoms with Crippen LogP contribution in [0.15, 0.2) is 30.3 Å². The maximum atomic E-state index is 5.50. The van der Waals surface area contributed by atoms with Crippen molar-refractivity contribution in [1.29, 1.82) is 0 Å². The first-order valence-corrected chi connectivity index (χ1v) is 7.03. The highest BCUT2D eigenvalue weighted by molar-refractivity contribution is 5.21. The first-order chi connectivity index (χ1) is 9.03. The van der Waals surface area contributed by atoms with E-state index < -0.39 is 0 Å². The molecule has 1 heterocycles. The van der Waals surface area contributed by atoms with Gasteiger partial charge >= 0.3 is 0 Å². The average molecular weight is 256 g/mol. The maximum absolute atomic E-state index is 5.50. The van der Waals surface area contributed by atoms with Crippen molar-refractivity contribution in [2.75, 3.05) is 13.1 Å². The van der Waals surface area contributed by atoms with Gasteiger partial charge in [-0.15, -0.1) is 12.3 Å². The van der Waals surface area contributed by atoms with Crippen molar-refractivity contribution in [2.24, 2.45) is 0 Å². The molecule has 19 heavy (non-hydrogen) atoms. The predicted octanol–water partition coefficient (Wildman–Crippen LogP) is 2.82. The van der Waals surface area contributed by atoms with E-state index in [1.807, 2.05) is 0 Å². The van der Waals surface area contributed by atoms with E-state index in [9.17, 15) is 0 Å². The van der Waals surface area contributed by atoms with Crippen LogP contribution >= 0.6 is 0 Å². The van der Waals surface area contributed by atoms with Crippen molar-refractivity contribution >= 4 is 0 Å². The Labute approximate surface area is 117 Å². The molecule has 0 amide bonds.